The van der Waals surface area contributed by atoms with E-state index in [2.05, 4.69) is 21.2 Å². The van der Waals surface area contributed by atoms with Crippen molar-refractivity contribution in [2.24, 2.45) is 0 Å². The van der Waals surface area contributed by atoms with Crippen LogP contribution in [0.3, 0.4) is 0 Å². The summed E-state index contributed by atoms with van der Waals surface area (Å²) in [6.45, 7) is 4.10. The third kappa shape index (κ3) is 4.30. The molecule has 1 atom stereocenters. The van der Waals surface area contributed by atoms with Gasteiger partial charge in [0.1, 0.15) is 0 Å². The number of hydrogen-bond acceptors (Lipinski definition) is 3. The molecule has 5 heteroatoms. The average molecular weight is 330 g/mol. The minimum atomic E-state index is -0.574. The highest BCUT2D eigenvalue weighted by molar-refractivity contribution is 9.10. The van der Waals surface area contributed by atoms with E-state index in [1.807, 2.05) is 26.0 Å². The maximum atomic E-state index is 12.3. The summed E-state index contributed by atoms with van der Waals surface area (Å²) >= 11 is 3.41. The molecule has 0 heterocycles. The molecule has 0 radical (unpaired) electrons. The number of benzene rings is 1. The van der Waals surface area contributed by atoms with Crippen LogP contribution in [0.4, 0.5) is 0 Å². The Bertz CT molecular complexity index is 442. The van der Waals surface area contributed by atoms with Gasteiger partial charge in [-0.05, 0) is 38.0 Å². The lowest BCUT2D eigenvalue weighted by Crippen LogP contribution is -2.50. The lowest BCUT2D eigenvalue weighted by Gasteiger charge is -2.29. The maximum absolute atomic E-state index is 12.3. The van der Waals surface area contributed by atoms with E-state index in [0.29, 0.717) is 18.6 Å². The van der Waals surface area contributed by atoms with E-state index in [1.54, 1.807) is 13.2 Å². The van der Waals surface area contributed by atoms with Gasteiger partial charge >= 0.3 is 0 Å². The Balaban J connectivity index is 2.91. The second-order valence-electron chi connectivity index (χ2n) is 4.83. The molecule has 0 bridgehead atoms. The standard InChI is InChI=1S/C14H20BrNO3/c1-10-11(5-4-6-12(10)15)13(18)16-14(2,7-8-17)9-19-3/h4-6,17H,7-9H2,1-3H3,(H,16,18). The Labute approximate surface area is 122 Å². The van der Waals surface area contributed by atoms with Crippen LogP contribution in [-0.4, -0.2) is 36.9 Å². The summed E-state index contributed by atoms with van der Waals surface area (Å²) in [5, 5.41) is 12.0. The van der Waals surface area contributed by atoms with Crippen LogP contribution in [0.1, 0.15) is 29.3 Å². The van der Waals surface area contributed by atoms with E-state index in [-0.39, 0.29) is 12.5 Å². The highest BCUT2D eigenvalue weighted by atomic mass is 79.9. The van der Waals surface area contributed by atoms with Crippen molar-refractivity contribution < 1.29 is 14.6 Å². The zero-order valence-corrected chi connectivity index (χ0v) is 13.1. The molecule has 2 N–H and O–H groups in total. The molecule has 106 valence electrons. The van der Waals surface area contributed by atoms with Gasteiger partial charge in [-0.15, -0.1) is 0 Å². The van der Waals surface area contributed by atoms with Gasteiger partial charge in [-0.2, -0.15) is 0 Å². The highest BCUT2D eigenvalue weighted by Crippen LogP contribution is 2.20. The van der Waals surface area contributed by atoms with Crippen LogP contribution >= 0.6 is 15.9 Å². The predicted molar refractivity (Wildman–Crippen MR) is 78.3 cm³/mol. The molecule has 0 aromatic heterocycles. The minimum Gasteiger partial charge on any atom is -0.396 e. The Morgan fingerprint density at radius 1 is 1.53 bits per heavy atom. The summed E-state index contributed by atoms with van der Waals surface area (Å²) in [4.78, 5) is 12.3. The summed E-state index contributed by atoms with van der Waals surface area (Å²) in [6, 6.07) is 5.50. The van der Waals surface area contributed by atoms with Crippen molar-refractivity contribution in [2.75, 3.05) is 20.3 Å². The second kappa shape index (κ2) is 7.03. The highest BCUT2D eigenvalue weighted by Gasteiger charge is 2.27. The molecule has 0 spiro atoms. The van der Waals surface area contributed by atoms with Crippen LogP contribution in [0.5, 0.6) is 0 Å². The number of rotatable bonds is 6. The number of aliphatic hydroxyl groups is 1. The number of nitrogens with one attached hydrogen (secondary N) is 1. The minimum absolute atomic E-state index is 0.00237. The van der Waals surface area contributed by atoms with Crippen LogP contribution < -0.4 is 5.32 Å². The molecule has 19 heavy (non-hydrogen) atoms. The van der Waals surface area contributed by atoms with E-state index in [4.69, 9.17) is 9.84 Å². The molecule has 0 saturated carbocycles. The van der Waals surface area contributed by atoms with Gasteiger partial charge in [0.25, 0.3) is 5.91 Å². The molecule has 0 saturated heterocycles. The molecule has 1 aromatic rings. The van der Waals surface area contributed by atoms with Gasteiger partial charge < -0.3 is 15.2 Å². The third-order valence-electron chi connectivity index (χ3n) is 3.05. The van der Waals surface area contributed by atoms with Crippen LogP contribution in [0.25, 0.3) is 0 Å². The molecule has 1 aromatic carbocycles. The molecular weight excluding hydrogens is 310 g/mol. The molecule has 0 aliphatic heterocycles. The number of carbonyl (C=O) groups is 1. The van der Waals surface area contributed by atoms with Gasteiger partial charge in [-0.25, -0.2) is 0 Å². The fourth-order valence-corrected chi connectivity index (χ4v) is 2.30. The first-order valence-electron chi connectivity index (χ1n) is 6.11. The number of halogens is 1. The van der Waals surface area contributed by atoms with E-state index in [1.165, 1.54) is 0 Å². The van der Waals surface area contributed by atoms with Crippen molar-refractivity contribution in [3.63, 3.8) is 0 Å². The summed E-state index contributed by atoms with van der Waals surface area (Å²) in [6.07, 6.45) is 0.444. The van der Waals surface area contributed by atoms with Crippen LogP contribution in [-0.2, 0) is 4.74 Å². The number of carbonyl (C=O) groups excluding carboxylic acids is 1. The zero-order chi connectivity index (χ0) is 14.5. The third-order valence-corrected chi connectivity index (χ3v) is 3.91. The van der Waals surface area contributed by atoms with Gasteiger partial charge in [-0.3, -0.25) is 4.79 Å². The second-order valence-corrected chi connectivity index (χ2v) is 5.69. The topological polar surface area (TPSA) is 58.6 Å². The van der Waals surface area contributed by atoms with Crippen molar-refractivity contribution in [1.82, 2.24) is 5.32 Å². The Hall–Kier alpha value is -0.910. The molecule has 0 aliphatic rings. The quantitative estimate of drug-likeness (QED) is 0.841. The fourth-order valence-electron chi connectivity index (χ4n) is 1.93. The van der Waals surface area contributed by atoms with Crippen molar-refractivity contribution >= 4 is 21.8 Å². The normalized spacial score (nSPS) is 13.9. The van der Waals surface area contributed by atoms with Gasteiger partial charge in [0, 0.05) is 23.8 Å². The molecule has 1 amide bonds. The molecule has 1 rings (SSSR count). The lowest BCUT2D eigenvalue weighted by atomic mass is 9.98. The molecule has 0 aliphatic carbocycles. The summed E-state index contributed by atoms with van der Waals surface area (Å²) in [5.41, 5.74) is 0.938. The molecule has 4 nitrogen and oxygen atoms in total. The van der Waals surface area contributed by atoms with E-state index in [9.17, 15) is 4.79 Å². The van der Waals surface area contributed by atoms with E-state index < -0.39 is 5.54 Å². The number of amides is 1. The van der Waals surface area contributed by atoms with Crippen molar-refractivity contribution in [2.45, 2.75) is 25.8 Å². The largest absolute Gasteiger partial charge is 0.396 e. The first-order valence-corrected chi connectivity index (χ1v) is 6.90. The number of hydrogen-bond donors (Lipinski definition) is 2. The first-order chi connectivity index (χ1) is 8.93. The van der Waals surface area contributed by atoms with Crippen LogP contribution in [0, 0.1) is 6.92 Å². The van der Waals surface area contributed by atoms with Gasteiger partial charge in [0.05, 0.1) is 12.1 Å². The fraction of sp³-hybridized carbons (Fsp3) is 0.500. The smallest absolute Gasteiger partial charge is 0.252 e. The SMILES string of the molecule is COCC(C)(CCO)NC(=O)c1cccc(Br)c1C. The summed E-state index contributed by atoms with van der Waals surface area (Å²) in [5.74, 6) is -0.160. The maximum Gasteiger partial charge on any atom is 0.252 e. The number of aliphatic hydroxyl groups excluding tert-OH is 1. The van der Waals surface area contributed by atoms with Gasteiger partial charge in [0.15, 0.2) is 0 Å². The van der Waals surface area contributed by atoms with Crippen molar-refractivity contribution in [1.29, 1.82) is 0 Å². The Morgan fingerprint density at radius 2 is 2.21 bits per heavy atom. The number of methoxy groups -OCH3 is 1. The van der Waals surface area contributed by atoms with Crippen LogP contribution in [0.2, 0.25) is 0 Å². The molecule has 1 unspecified atom stereocenters. The van der Waals surface area contributed by atoms with Crippen LogP contribution in [0.15, 0.2) is 22.7 Å². The zero-order valence-electron chi connectivity index (χ0n) is 11.5. The first kappa shape index (κ1) is 16.1. The summed E-state index contributed by atoms with van der Waals surface area (Å²) < 4.78 is 6.01. The van der Waals surface area contributed by atoms with Gasteiger partial charge in [-0.1, -0.05) is 22.0 Å². The Kier molecular flexibility index (Phi) is 5.97. The monoisotopic (exact) mass is 329 g/mol. The molecular formula is C14H20BrNO3. The lowest BCUT2D eigenvalue weighted by molar-refractivity contribution is 0.0725. The van der Waals surface area contributed by atoms with E-state index in [0.717, 1.165) is 10.0 Å². The molecule has 0 fully saturated rings. The van der Waals surface area contributed by atoms with E-state index >= 15 is 0 Å². The predicted octanol–water partition coefficient (Wildman–Crippen LogP) is 2.27. The van der Waals surface area contributed by atoms with Crippen molar-refractivity contribution in [3.8, 4) is 0 Å². The number of ether oxygens (including phenoxy) is 1. The Morgan fingerprint density at radius 3 is 2.79 bits per heavy atom. The van der Waals surface area contributed by atoms with Gasteiger partial charge in [0.2, 0.25) is 0 Å². The van der Waals surface area contributed by atoms with Crippen molar-refractivity contribution in [3.05, 3.63) is 33.8 Å². The average Bonchev–Trinajstić information content (AvgIpc) is 2.32. The summed E-state index contributed by atoms with van der Waals surface area (Å²) in [7, 11) is 1.58.